The first-order valence-electron chi connectivity index (χ1n) is 11.8. The number of amides is 1. The van der Waals surface area contributed by atoms with Gasteiger partial charge in [-0.1, -0.05) is 57.5 Å². The van der Waals surface area contributed by atoms with Gasteiger partial charge in [0.1, 0.15) is 11.5 Å². The lowest BCUT2D eigenvalue weighted by Gasteiger charge is -2.39. The number of rotatable bonds is 5. The Balaban J connectivity index is 1.94. The molecule has 1 N–H and O–H groups in total. The number of unbranched alkanes of at least 4 members (excludes halogenated alkanes) is 1. The van der Waals surface area contributed by atoms with Crippen LogP contribution >= 0.6 is 0 Å². The number of hydrogen-bond acceptors (Lipinski definition) is 4. The Labute approximate surface area is 203 Å². The van der Waals surface area contributed by atoms with E-state index in [1.165, 1.54) is 6.07 Å². The number of hydrogen-bond donors (Lipinski definition) is 1. The lowest BCUT2D eigenvalue weighted by molar-refractivity contribution is -0.171. The normalized spacial score (nSPS) is 21.3. The number of ether oxygens (including phenoxy) is 1. The summed E-state index contributed by atoms with van der Waals surface area (Å²) in [5, 5.41) is 3.19. The highest BCUT2D eigenvalue weighted by Gasteiger charge is 2.52. The minimum Gasteiger partial charge on any atom is -0.494 e. The Morgan fingerprint density at radius 1 is 1.17 bits per heavy atom. The molecule has 0 radical (unpaired) electrons. The zero-order valence-corrected chi connectivity index (χ0v) is 20.0. The number of halogens is 3. The van der Waals surface area contributed by atoms with Gasteiger partial charge in [-0.15, -0.1) is 0 Å². The van der Waals surface area contributed by atoms with Gasteiger partial charge in [0.15, 0.2) is 0 Å². The number of nitrogens with one attached hydrogen (secondary N) is 1. The summed E-state index contributed by atoms with van der Waals surface area (Å²) in [5.41, 5.74) is 0.823. The van der Waals surface area contributed by atoms with Crippen molar-refractivity contribution in [2.75, 3.05) is 16.8 Å². The highest BCUT2D eigenvalue weighted by atomic mass is 19.4. The standard InChI is InChI=1S/C27H29F3N2O3/c1-4-5-13-35-18-10-8-9-17(14-18)24-23-20(15-26(2,3)16-22(23)33)31-19-11-6-7-12-21(19)32(24)25(34)27(28,29)30/h6-12,14-15,23-24,31H,4-5,13,16H2,1-3H3/t23-,24+/m1/s1. The van der Waals surface area contributed by atoms with Crippen LogP contribution in [-0.4, -0.2) is 24.5 Å². The maximum atomic E-state index is 13.9. The van der Waals surface area contributed by atoms with E-state index in [1.54, 1.807) is 42.5 Å². The molecule has 0 spiro atoms. The monoisotopic (exact) mass is 486 g/mol. The molecule has 35 heavy (non-hydrogen) atoms. The molecule has 1 amide bonds. The van der Waals surface area contributed by atoms with Gasteiger partial charge in [0.05, 0.1) is 29.9 Å². The minimum absolute atomic E-state index is 0.0676. The fourth-order valence-corrected chi connectivity index (χ4v) is 4.83. The van der Waals surface area contributed by atoms with E-state index < -0.39 is 29.5 Å². The summed E-state index contributed by atoms with van der Waals surface area (Å²) in [7, 11) is 0. The lowest BCUT2D eigenvalue weighted by atomic mass is 9.72. The van der Waals surface area contributed by atoms with Crippen molar-refractivity contribution in [3.63, 3.8) is 0 Å². The second-order valence-corrected chi connectivity index (χ2v) is 9.74. The fourth-order valence-electron chi connectivity index (χ4n) is 4.83. The minimum atomic E-state index is -5.13. The maximum absolute atomic E-state index is 13.9. The first-order chi connectivity index (χ1) is 16.5. The van der Waals surface area contributed by atoms with Crippen molar-refractivity contribution >= 4 is 23.1 Å². The van der Waals surface area contributed by atoms with Crippen LogP contribution in [0.1, 0.15) is 51.6 Å². The van der Waals surface area contributed by atoms with Crippen LogP contribution in [0.2, 0.25) is 0 Å². The Morgan fingerprint density at radius 3 is 2.63 bits per heavy atom. The molecule has 2 aromatic carbocycles. The van der Waals surface area contributed by atoms with Crippen molar-refractivity contribution in [1.82, 2.24) is 0 Å². The second-order valence-electron chi connectivity index (χ2n) is 9.74. The zero-order chi connectivity index (χ0) is 25.4. The average Bonchev–Trinajstić information content (AvgIpc) is 2.91. The molecule has 2 aromatic rings. The van der Waals surface area contributed by atoms with Crippen LogP contribution in [0.15, 0.2) is 60.3 Å². The molecule has 1 heterocycles. The summed E-state index contributed by atoms with van der Waals surface area (Å²) < 4.78 is 47.6. The molecule has 0 bridgehead atoms. The van der Waals surface area contributed by atoms with E-state index in [1.807, 2.05) is 26.8 Å². The summed E-state index contributed by atoms with van der Waals surface area (Å²) in [5.74, 6) is -2.76. The Bertz CT molecular complexity index is 1160. The van der Waals surface area contributed by atoms with Gasteiger partial charge in [-0.3, -0.25) is 14.5 Å². The molecule has 186 valence electrons. The molecule has 0 unspecified atom stereocenters. The third kappa shape index (κ3) is 5.06. The Hall–Kier alpha value is -3.29. The molecule has 1 aliphatic carbocycles. The van der Waals surface area contributed by atoms with Crippen LogP contribution in [-0.2, 0) is 9.59 Å². The van der Waals surface area contributed by atoms with E-state index in [9.17, 15) is 22.8 Å². The number of ketones is 1. The van der Waals surface area contributed by atoms with E-state index in [0.717, 1.165) is 17.7 Å². The van der Waals surface area contributed by atoms with Crippen molar-refractivity contribution in [3.05, 3.63) is 65.9 Å². The van der Waals surface area contributed by atoms with Crippen LogP contribution in [0.4, 0.5) is 24.5 Å². The molecule has 0 saturated heterocycles. The Morgan fingerprint density at radius 2 is 1.91 bits per heavy atom. The van der Waals surface area contributed by atoms with Crippen LogP contribution in [0.3, 0.4) is 0 Å². The van der Waals surface area contributed by atoms with Crippen molar-refractivity contribution in [3.8, 4) is 5.75 Å². The van der Waals surface area contributed by atoms with Gasteiger partial charge in [0.25, 0.3) is 0 Å². The number of nitrogens with zero attached hydrogens (tertiary/aromatic N) is 1. The number of Topliss-reactive ketones (excluding diaryl/α,β-unsaturated/α-hetero) is 1. The van der Waals surface area contributed by atoms with Crippen molar-refractivity contribution in [2.24, 2.45) is 11.3 Å². The predicted molar refractivity (Wildman–Crippen MR) is 128 cm³/mol. The van der Waals surface area contributed by atoms with E-state index in [4.69, 9.17) is 4.74 Å². The van der Waals surface area contributed by atoms with Crippen molar-refractivity contribution in [1.29, 1.82) is 0 Å². The van der Waals surface area contributed by atoms with Crippen molar-refractivity contribution < 1.29 is 27.5 Å². The zero-order valence-electron chi connectivity index (χ0n) is 20.0. The maximum Gasteiger partial charge on any atom is 0.471 e. The highest BCUT2D eigenvalue weighted by Crippen LogP contribution is 2.49. The molecule has 2 atom stereocenters. The van der Waals surface area contributed by atoms with Crippen LogP contribution < -0.4 is 15.0 Å². The number of para-hydroxylation sites is 2. The predicted octanol–water partition coefficient (Wildman–Crippen LogP) is 6.43. The number of fused-ring (bicyclic) bond motifs is 2. The summed E-state index contributed by atoms with van der Waals surface area (Å²) in [6.45, 7) is 6.30. The van der Waals surface area contributed by atoms with Gasteiger partial charge < -0.3 is 10.1 Å². The van der Waals surface area contributed by atoms with E-state index in [2.05, 4.69) is 5.32 Å². The third-order valence-corrected chi connectivity index (χ3v) is 6.32. The SMILES string of the molecule is CCCCOc1cccc([C@H]2[C@H]3C(=O)CC(C)(C)C=C3Nc3ccccc3N2C(=O)C(F)(F)F)c1. The summed E-state index contributed by atoms with van der Waals surface area (Å²) in [6.07, 6.45) is -1.33. The number of carbonyl (C=O) groups excluding carboxylic acids is 2. The molecule has 0 saturated carbocycles. The fraction of sp³-hybridized carbons (Fsp3) is 0.407. The van der Waals surface area contributed by atoms with Crippen molar-refractivity contribution in [2.45, 2.75) is 52.3 Å². The summed E-state index contributed by atoms with van der Waals surface area (Å²) >= 11 is 0. The number of carbonyl (C=O) groups is 2. The number of anilines is 2. The third-order valence-electron chi connectivity index (χ3n) is 6.32. The number of allylic oxidation sites excluding steroid dienone is 1. The van der Waals surface area contributed by atoms with Gasteiger partial charge in [-0.25, -0.2) is 0 Å². The number of benzene rings is 2. The smallest absolute Gasteiger partial charge is 0.471 e. The van der Waals surface area contributed by atoms with E-state index in [-0.39, 0.29) is 17.9 Å². The van der Waals surface area contributed by atoms with Gasteiger partial charge in [-0.2, -0.15) is 13.2 Å². The summed E-state index contributed by atoms with van der Waals surface area (Å²) in [6, 6.07) is 11.8. The van der Waals surface area contributed by atoms with Crippen LogP contribution in [0.25, 0.3) is 0 Å². The quantitative estimate of drug-likeness (QED) is 0.495. The van der Waals surface area contributed by atoms with E-state index in [0.29, 0.717) is 29.3 Å². The molecule has 2 aliphatic rings. The molecule has 0 aromatic heterocycles. The molecule has 8 heteroatoms. The van der Waals surface area contributed by atoms with Gasteiger partial charge in [0, 0.05) is 12.1 Å². The van der Waals surface area contributed by atoms with Crippen LogP contribution in [0.5, 0.6) is 5.75 Å². The largest absolute Gasteiger partial charge is 0.494 e. The first-order valence-corrected chi connectivity index (χ1v) is 11.8. The van der Waals surface area contributed by atoms with Gasteiger partial charge in [-0.05, 0) is 41.7 Å². The second kappa shape index (κ2) is 9.40. The summed E-state index contributed by atoms with van der Waals surface area (Å²) in [4.78, 5) is 27.2. The highest BCUT2D eigenvalue weighted by molar-refractivity contribution is 6.03. The molecule has 1 aliphatic heterocycles. The molecule has 5 nitrogen and oxygen atoms in total. The molecular weight excluding hydrogens is 457 g/mol. The van der Waals surface area contributed by atoms with Crippen LogP contribution in [0, 0.1) is 11.3 Å². The van der Waals surface area contributed by atoms with E-state index >= 15 is 0 Å². The average molecular weight is 487 g/mol. The molecular formula is C27H29F3N2O3. The Kier molecular flexibility index (Phi) is 6.66. The topological polar surface area (TPSA) is 58.6 Å². The number of alkyl halides is 3. The van der Waals surface area contributed by atoms with Gasteiger partial charge >= 0.3 is 12.1 Å². The molecule has 4 rings (SSSR count). The molecule has 0 fully saturated rings. The lowest BCUT2D eigenvalue weighted by Crippen LogP contribution is -2.48. The first kappa shape index (κ1) is 24.8. The van der Waals surface area contributed by atoms with Gasteiger partial charge in [0.2, 0.25) is 0 Å².